The molecule has 1 saturated heterocycles. The van der Waals surface area contributed by atoms with Crippen molar-refractivity contribution in [3.63, 3.8) is 0 Å². The quantitative estimate of drug-likeness (QED) is 0.348. The summed E-state index contributed by atoms with van der Waals surface area (Å²) in [5, 5.41) is 0.110. The molecule has 0 radical (unpaired) electrons. The SMILES string of the molecule is C=C(CC)[C@H]1OC(=O)N(Cc2ccccc2)[C@]1(CO[Si](C)(C)C(C)(C)C)C1CCC1. The molecule has 3 rings (SSSR count). The van der Waals surface area contributed by atoms with Crippen LogP contribution in [0.3, 0.4) is 0 Å². The van der Waals surface area contributed by atoms with Crippen LogP contribution in [0.2, 0.25) is 18.1 Å². The standard InChI is InChI=1S/C25H39NO3Si/c1-8-19(2)22-25(21-15-12-16-21,18-28-30(6,7)24(3,4)5)26(23(27)29-22)17-20-13-10-9-11-14-20/h9-11,13-14,21-22H,2,8,12,15-18H2,1,3-7H3/t22-,25-/m1/s1. The van der Waals surface area contributed by atoms with Gasteiger partial charge in [0.2, 0.25) is 0 Å². The minimum Gasteiger partial charge on any atom is -0.439 e. The number of cyclic esters (lactones) is 1. The van der Waals surface area contributed by atoms with Gasteiger partial charge in [0.1, 0.15) is 5.54 Å². The van der Waals surface area contributed by atoms with Crippen molar-refractivity contribution in [3.8, 4) is 0 Å². The minimum absolute atomic E-state index is 0.110. The molecule has 1 saturated carbocycles. The van der Waals surface area contributed by atoms with E-state index in [1.807, 2.05) is 23.1 Å². The van der Waals surface area contributed by atoms with Crippen molar-refractivity contribution in [2.75, 3.05) is 6.61 Å². The smallest absolute Gasteiger partial charge is 0.411 e. The van der Waals surface area contributed by atoms with Gasteiger partial charge in [-0.15, -0.1) is 0 Å². The monoisotopic (exact) mass is 429 g/mol. The third kappa shape index (κ3) is 4.11. The van der Waals surface area contributed by atoms with E-state index in [-0.39, 0.29) is 17.2 Å². The highest BCUT2D eigenvalue weighted by Gasteiger charge is 2.61. The second-order valence-corrected chi connectivity index (χ2v) is 15.3. The number of ether oxygens (including phenoxy) is 1. The van der Waals surface area contributed by atoms with Gasteiger partial charge in [-0.05, 0) is 54.4 Å². The lowest BCUT2D eigenvalue weighted by atomic mass is 9.66. The Labute approximate surface area is 183 Å². The van der Waals surface area contributed by atoms with Crippen molar-refractivity contribution in [2.24, 2.45) is 5.92 Å². The highest BCUT2D eigenvalue weighted by atomic mass is 28.4. The van der Waals surface area contributed by atoms with E-state index in [0.29, 0.717) is 19.1 Å². The van der Waals surface area contributed by atoms with Crippen molar-refractivity contribution in [1.82, 2.24) is 4.90 Å². The summed E-state index contributed by atoms with van der Waals surface area (Å²) in [6, 6.07) is 10.2. The van der Waals surface area contributed by atoms with E-state index in [4.69, 9.17) is 9.16 Å². The first-order valence-electron chi connectivity index (χ1n) is 11.4. The Bertz CT molecular complexity index is 766. The van der Waals surface area contributed by atoms with Crippen LogP contribution in [0.25, 0.3) is 0 Å². The molecular formula is C25H39NO3Si. The Balaban J connectivity index is 2.02. The van der Waals surface area contributed by atoms with Crippen molar-refractivity contribution in [1.29, 1.82) is 0 Å². The summed E-state index contributed by atoms with van der Waals surface area (Å²) in [5.41, 5.74) is 1.63. The Hall–Kier alpha value is -1.59. The van der Waals surface area contributed by atoms with Crippen LogP contribution < -0.4 is 0 Å². The fourth-order valence-electron chi connectivity index (χ4n) is 4.30. The third-order valence-electron chi connectivity index (χ3n) is 7.69. The molecule has 1 aromatic carbocycles. The van der Waals surface area contributed by atoms with Crippen molar-refractivity contribution < 1.29 is 14.0 Å². The number of carbonyl (C=O) groups excluding carboxylic acids is 1. The fourth-order valence-corrected chi connectivity index (χ4v) is 5.33. The molecule has 2 fully saturated rings. The van der Waals surface area contributed by atoms with Gasteiger partial charge in [0, 0.05) is 6.54 Å². The summed E-state index contributed by atoms with van der Waals surface area (Å²) in [7, 11) is -2.00. The number of nitrogens with zero attached hydrogens (tertiary/aromatic N) is 1. The summed E-state index contributed by atoms with van der Waals surface area (Å²) in [5.74, 6) is 0.380. The predicted octanol–water partition coefficient (Wildman–Crippen LogP) is 6.53. The summed E-state index contributed by atoms with van der Waals surface area (Å²) < 4.78 is 12.8. The lowest BCUT2D eigenvalue weighted by Crippen LogP contribution is -2.63. The number of amides is 1. The molecule has 0 unspecified atom stereocenters. The van der Waals surface area contributed by atoms with Crippen LogP contribution in [0, 0.1) is 5.92 Å². The molecule has 0 N–H and O–H groups in total. The second-order valence-electron chi connectivity index (χ2n) is 10.5. The lowest BCUT2D eigenvalue weighted by molar-refractivity contribution is -0.0229. The van der Waals surface area contributed by atoms with Crippen LogP contribution in [0.4, 0.5) is 4.79 Å². The third-order valence-corrected chi connectivity index (χ3v) is 12.2. The molecule has 30 heavy (non-hydrogen) atoms. The molecule has 2 atom stereocenters. The average Bonchev–Trinajstić information content (AvgIpc) is 2.91. The lowest BCUT2D eigenvalue weighted by Gasteiger charge is -2.51. The Morgan fingerprint density at radius 3 is 2.40 bits per heavy atom. The van der Waals surface area contributed by atoms with Gasteiger partial charge >= 0.3 is 6.09 Å². The number of rotatable bonds is 8. The van der Waals surface area contributed by atoms with Crippen molar-refractivity contribution in [3.05, 3.63) is 48.0 Å². The summed E-state index contributed by atoms with van der Waals surface area (Å²) in [6.45, 7) is 18.8. The average molecular weight is 430 g/mol. The maximum Gasteiger partial charge on any atom is 0.411 e. The molecule has 1 amide bonds. The van der Waals surface area contributed by atoms with Gasteiger partial charge in [0.05, 0.1) is 6.61 Å². The number of carbonyl (C=O) groups is 1. The van der Waals surface area contributed by atoms with Crippen molar-refractivity contribution in [2.45, 2.75) is 89.7 Å². The van der Waals surface area contributed by atoms with Crippen LogP contribution in [-0.4, -0.2) is 37.6 Å². The molecule has 2 aliphatic rings. The van der Waals surface area contributed by atoms with Crippen molar-refractivity contribution >= 4 is 14.4 Å². The maximum absolute atomic E-state index is 13.2. The van der Waals surface area contributed by atoms with Crippen LogP contribution in [0.15, 0.2) is 42.5 Å². The predicted molar refractivity (Wildman–Crippen MR) is 125 cm³/mol. The van der Waals surface area contributed by atoms with Crippen LogP contribution in [-0.2, 0) is 15.7 Å². The molecule has 1 aliphatic heterocycles. The summed E-state index contributed by atoms with van der Waals surface area (Å²) in [4.78, 5) is 15.2. The van der Waals surface area contributed by atoms with E-state index in [1.165, 1.54) is 6.42 Å². The largest absolute Gasteiger partial charge is 0.439 e. The maximum atomic E-state index is 13.2. The van der Waals surface area contributed by atoms with E-state index in [2.05, 4.69) is 59.5 Å². The zero-order valence-corrected chi connectivity index (χ0v) is 20.7. The fraction of sp³-hybridized carbons (Fsp3) is 0.640. The molecule has 1 aliphatic carbocycles. The topological polar surface area (TPSA) is 38.8 Å². The first kappa shape index (κ1) is 23.1. The molecule has 5 heteroatoms. The molecule has 0 bridgehead atoms. The van der Waals surface area contributed by atoms with E-state index in [1.54, 1.807) is 0 Å². The summed E-state index contributed by atoms with van der Waals surface area (Å²) in [6.07, 6.45) is 3.67. The first-order chi connectivity index (χ1) is 14.0. The second kappa shape index (κ2) is 8.50. The van der Waals surface area contributed by atoms with Crippen LogP contribution in [0.5, 0.6) is 0 Å². The number of hydrogen-bond donors (Lipinski definition) is 0. The van der Waals surface area contributed by atoms with Gasteiger partial charge in [-0.1, -0.05) is 71.0 Å². The zero-order valence-electron chi connectivity index (χ0n) is 19.7. The van der Waals surface area contributed by atoms with Gasteiger partial charge in [-0.3, -0.25) is 4.90 Å². The zero-order chi connectivity index (χ0) is 22.2. The minimum atomic E-state index is -2.00. The molecular weight excluding hydrogens is 390 g/mol. The highest BCUT2D eigenvalue weighted by molar-refractivity contribution is 6.74. The number of hydrogen-bond acceptors (Lipinski definition) is 3. The van der Waals surface area contributed by atoms with Gasteiger partial charge in [0.25, 0.3) is 0 Å². The molecule has 0 spiro atoms. The Morgan fingerprint density at radius 2 is 1.90 bits per heavy atom. The molecule has 4 nitrogen and oxygen atoms in total. The first-order valence-corrected chi connectivity index (χ1v) is 14.3. The van der Waals surface area contributed by atoms with Crippen LogP contribution >= 0.6 is 0 Å². The summed E-state index contributed by atoms with van der Waals surface area (Å²) >= 11 is 0. The molecule has 1 heterocycles. The molecule has 0 aromatic heterocycles. The van der Waals surface area contributed by atoms with Crippen LogP contribution in [0.1, 0.15) is 58.9 Å². The van der Waals surface area contributed by atoms with E-state index < -0.39 is 13.9 Å². The number of benzene rings is 1. The molecule has 1 aromatic rings. The normalized spacial score (nSPS) is 25.2. The highest BCUT2D eigenvalue weighted by Crippen LogP contribution is 2.50. The Kier molecular flexibility index (Phi) is 6.54. The van der Waals surface area contributed by atoms with Gasteiger partial charge < -0.3 is 9.16 Å². The van der Waals surface area contributed by atoms with Gasteiger partial charge in [-0.2, -0.15) is 0 Å². The molecule has 166 valence electrons. The van der Waals surface area contributed by atoms with E-state index in [0.717, 1.165) is 30.4 Å². The van der Waals surface area contributed by atoms with E-state index >= 15 is 0 Å². The van der Waals surface area contributed by atoms with E-state index in [9.17, 15) is 4.79 Å². The van der Waals surface area contributed by atoms with Gasteiger partial charge in [-0.25, -0.2) is 4.79 Å². The Morgan fingerprint density at radius 1 is 1.27 bits per heavy atom. The van der Waals surface area contributed by atoms with Gasteiger partial charge in [0.15, 0.2) is 14.4 Å².